The maximum Gasteiger partial charge on any atom is 0.303 e. The lowest BCUT2D eigenvalue weighted by Gasteiger charge is -2.09. The van der Waals surface area contributed by atoms with Crippen molar-refractivity contribution >= 4 is 28.9 Å². The van der Waals surface area contributed by atoms with Crippen LogP contribution in [0.5, 0.6) is 0 Å². The van der Waals surface area contributed by atoms with E-state index in [9.17, 15) is 14.9 Å². The molecule has 0 aromatic heterocycles. The minimum atomic E-state index is -0.780. The van der Waals surface area contributed by atoms with Gasteiger partial charge in [0.1, 0.15) is 5.69 Å². The van der Waals surface area contributed by atoms with Crippen LogP contribution in [0, 0.1) is 17.0 Å². The maximum absolute atomic E-state index is 11.0. The first kappa shape index (κ1) is 17.2. The zero-order valence-electron chi connectivity index (χ0n) is 11.9. The van der Waals surface area contributed by atoms with E-state index in [0.717, 1.165) is 19.3 Å². The Morgan fingerprint density at radius 1 is 1.33 bits per heavy atom. The number of nitrogens with zero attached hydrogens (tertiary/aromatic N) is 1. The van der Waals surface area contributed by atoms with Gasteiger partial charge >= 0.3 is 5.97 Å². The Labute approximate surface area is 128 Å². The van der Waals surface area contributed by atoms with Crippen LogP contribution in [0.2, 0.25) is 5.02 Å². The molecule has 1 aromatic rings. The van der Waals surface area contributed by atoms with E-state index in [2.05, 4.69) is 5.32 Å². The van der Waals surface area contributed by atoms with Crippen LogP contribution in [-0.2, 0) is 4.79 Å². The third-order valence-corrected chi connectivity index (χ3v) is 3.51. The van der Waals surface area contributed by atoms with Crippen LogP contribution in [0.1, 0.15) is 37.7 Å². The quantitative estimate of drug-likeness (QED) is 0.408. The van der Waals surface area contributed by atoms with Crippen molar-refractivity contribution in [1.82, 2.24) is 0 Å². The Bertz CT molecular complexity index is 520. The molecule has 0 spiro atoms. The van der Waals surface area contributed by atoms with Crippen molar-refractivity contribution in [2.24, 2.45) is 0 Å². The van der Waals surface area contributed by atoms with Crippen molar-refractivity contribution in [3.63, 3.8) is 0 Å². The number of nitrogens with one attached hydrogen (secondary N) is 1. The van der Waals surface area contributed by atoms with Gasteiger partial charge in [0.2, 0.25) is 0 Å². The third-order valence-electron chi connectivity index (χ3n) is 3.11. The fourth-order valence-corrected chi connectivity index (χ4v) is 2.10. The van der Waals surface area contributed by atoms with Crippen LogP contribution in [0.3, 0.4) is 0 Å². The van der Waals surface area contributed by atoms with Gasteiger partial charge in [0.05, 0.1) is 4.92 Å². The molecule has 0 heterocycles. The van der Waals surface area contributed by atoms with E-state index in [0.29, 0.717) is 29.2 Å². The molecule has 0 aliphatic carbocycles. The first-order chi connectivity index (χ1) is 9.91. The molecule has 0 fully saturated rings. The molecule has 1 aromatic carbocycles. The van der Waals surface area contributed by atoms with Gasteiger partial charge in [0.15, 0.2) is 0 Å². The summed E-state index contributed by atoms with van der Waals surface area (Å²) in [7, 11) is 0. The fraction of sp³-hybridized carbons (Fsp3) is 0.500. The molecular formula is C14H19ClN2O4. The van der Waals surface area contributed by atoms with Crippen molar-refractivity contribution < 1.29 is 14.8 Å². The molecule has 0 aliphatic rings. The highest BCUT2D eigenvalue weighted by atomic mass is 35.5. The number of carbonyl (C=O) groups is 1. The molecule has 0 unspecified atom stereocenters. The lowest BCUT2D eigenvalue weighted by molar-refractivity contribution is -0.384. The highest BCUT2D eigenvalue weighted by molar-refractivity contribution is 6.31. The van der Waals surface area contributed by atoms with E-state index in [1.54, 1.807) is 13.0 Å². The SMILES string of the molecule is Cc1cc([N+](=O)[O-])c(NCCCCCCC(=O)O)cc1Cl. The number of nitro groups is 1. The summed E-state index contributed by atoms with van der Waals surface area (Å²) in [6.45, 7) is 2.31. The smallest absolute Gasteiger partial charge is 0.303 e. The van der Waals surface area contributed by atoms with Crippen molar-refractivity contribution in [3.05, 3.63) is 32.8 Å². The number of carboxylic acids is 1. The van der Waals surface area contributed by atoms with Gasteiger partial charge in [-0.2, -0.15) is 0 Å². The Balaban J connectivity index is 2.43. The van der Waals surface area contributed by atoms with Crippen LogP contribution < -0.4 is 5.32 Å². The number of hydrogen-bond acceptors (Lipinski definition) is 4. The Kier molecular flexibility index (Phi) is 6.94. The first-order valence-corrected chi connectivity index (χ1v) is 7.20. The van der Waals surface area contributed by atoms with Crippen molar-refractivity contribution in [1.29, 1.82) is 0 Å². The number of rotatable bonds is 9. The van der Waals surface area contributed by atoms with Crippen LogP contribution in [0.25, 0.3) is 0 Å². The Morgan fingerprint density at radius 3 is 2.62 bits per heavy atom. The normalized spacial score (nSPS) is 10.4. The van der Waals surface area contributed by atoms with Gasteiger partial charge in [0.25, 0.3) is 5.69 Å². The molecular weight excluding hydrogens is 296 g/mol. The summed E-state index contributed by atoms with van der Waals surface area (Å²) in [4.78, 5) is 20.9. The summed E-state index contributed by atoms with van der Waals surface area (Å²) in [5.41, 5.74) is 1.10. The Morgan fingerprint density at radius 2 is 2.00 bits per heavy atom. The number of aryl methyl sites for hydroxylation is 1. The lowest BCUT2D eigenvalue weighted by Crippen LogP contribution is -2.05. The summed E-state index contributed by atoms with van der Waals surface area (Å²) in [6.07, 6.45) is 3.39. The maximum atomic E-state index is 11.0. The number of aliphatic carboxylic acids is 1. The van der Waals surface area contributed by atoms with Gasteiger partial charge < -0.3 is 10.4 Å². The first-order valence-electron chi connectivity index (χ1n) is 6.82. The van der Waals surface area contributed by atoms with Crippen molar-refractivity contribution in [2.45, 2.75) is 39.0 Å². The van der Waals surface area contributed by atoms with Crippen LogP contribution in [0.15, 0.2) is 12.1 Å². The highest BCUT2D eigenvalue weighted by Crippen LogP contribution is 2.30. The average Bonchev–Trinajstić information content (AvgIpc) is 2.40. The molecule has 1 rings (SSSR count). The molecule has 0 atom stereocenters. The average molecular weight is 315 g/mol. The second-order valence-corrected chi connectivity index (χ2v) is 5.27. The van der Waals surface area contributed by atoms with E-state index in [4.69, 9.17) is 16.7 Å². The number of carboxylic acid groups (broad SMARTS) is 1. The molecule has 116 valence electrons. The van der Waals surface area contributed by atoms with E-state index in [1.807, 2.05) is 0 Å². The molecule has 0 aliphatic heterocycles. The minimum absolute atomic E-state index is 0.0165. The molecule has 6 nitrogen and oxygen atoms in total. The van der Waals surface area contributed by atoms with Gasteiger partial charge in [-0.05, 0) is 31.4 Å². The largest absolute Gasteiger partial charge is 0.481 e. The van der Waals surface area contributed by atoms with Gasteiger partial charge in [0, 0.05) is 24.1 Å². The summed E-state index contributed by atoms with van der Waals surface area (Å²) < 4.78 is 0. The number of hydrogen-bond donors (Lipinski definition) is 2. The fourth-order valence-electron chi connectivity index (χ4n) is 1.94. The number of benzene rings is 1. The van der Waals surface area contributed by atoms with Crippen LogP contribution in [-0.4, -0.2) is 22.5 Å². The summed E-state index contributed by atoms with van der Waals surface area (Å²) in [5, 5.41) is 23.0. The second kappa shape index (κ2) is 8.46. The number of anilines is 1. The molecule has 21 heavy (non-hydrogen) atoms. The summed E-state index contributed by atoms with van der Waals surface area (Å²) >= 11 is 5.98. The van der Waals surface area contributed by atoms with Gasteiger partial charge in [-0.3, -0.25) is 14.9 Å². The van der Waals surface area contributed by atoms with Crippen LogP contribution in [0.4, 0.5) is 11.4 Å². The highest BCUT2D eigenvalue weighted by Gasteiger charge is 2.15. The standard InChI is InChI=1S/C14H19ClN2O4/c1-10-8-13(17(20)21)12(9-11(10)15)16-7-5-3-2-4-6-14(18)19/h8-9,16H,2-7H2,1H3,(H,18,19). The number of unbranched alkanes of at least 4 members (excludes halogenated alkanes) is 3. The van der Waals surface area contributed by atoms with E-state index < -0.39 is 10.9 Å². The zero-order valence-corrected chi connectivity index (χ0v) is 12.7. The third kappa shape index (κ3) is 5.99. The molecule has 0 amide bonds. The molecule has 0 bridgehead atoms. The number of nitro benzene ring substituents is 1. The summed E-state index contributed by atoms with van der Waals surface area (Å²) in [6, 6.07) is 3.02. The molecule has 0 saturated carbocycles. The molecule has 7 heteroatoms. The predicted octanol–water partition coefficient (Wildman–Crippen LogP) is 4.00. The van der Waals surface area contributed by atoms with Crippen molar-refractivity contribution in [2.75, 3.05) is 11.9 Å². The zero-order chi connectivity index (χ0) is 15.8. The predicted molar refractivity (Wildman–Crippen MR) is 82.1 cm³/mol. The van der Waals surface area contributed by atoms with E-state index >= 15 is 0 Å². The van der Waals surface area contributed by atoms with Crippen LogP contribution >= 0.6 is 11.6 Å². The lowest BCUT2D eigenvalue weighted by atomic mass is 10.1. The summed E-state index contributed by atoms with van der Waals surface area (Å²) in [5.74, 6) is -0.780. The molecule has 0 saturated heterocycles. The molecule has 0 radical (unpaired) electrons. The van der Waals surface area contributed by atoms with E-state index in [1.165, 1.54) is 6.07 Å². The monoisotopic (exact) mass is 314 g/mol. The number of halogens is 1. The molecule has 2 N–H and O–H groups in total. The van der Waals surface area contributed by atoms with Gasteiger partial charge in [-0.1, -0.05) is 24.4 Å². The minimum Gasteiger partial charge on any atom is -0.481 e. The van der Waals surface area contributed by atoms with Gasteiger partial charge in [-0.25, -0.2) is 0 Å². The topological polar surface area (TPSA) is 92.5 Å². The van der Waals surface area contributed by atoms with E-state index in [-0.39, 0.29) is 12.1 Å². The van der Waals surface area contributed by atoms with Gasteiger partial charge in [-0.15, -0.1) is 0 Å². The van der Waals surface area contributed by atoms with Crippen molar-refractivity contribution in [3.8, 4) is 0 Å². The second-order valence-electron chi connectivity index (χ2n) is 4.86. The Hall–Kier alpha value is -1.82.